The van der Waals surface area contributed by atoms with Crippen molar-refractivity contribution in [2.45, 2.75) is 53.6 Å². The fourth-order valence-electron chi connectivity index (χ4n) is 4.22. The molecule has 2 aromatic carbocycles. The van der Waals surface area contributed by atoms with Crippen LogP contribution in [0.15, 0.2) is 91.9 Å². The first-order valence-corrected chi connectivity index (χ1v) is 13.0. The predicted octanol–water partition coefficient (Wildman–Crippen LogP) is 6.64. The molecule has 0 bridgehead atoms. The smallest absolute Gasteiger partial charge is 0.253 e. The maximum atomic E-state index is 12.9. The van der Waals surface area contributed by atoms with Crippen LogP contribution in [0.25, 0.3) is 5.57 Å². The van der Waals surface area contributed by atoms with Crippen LogP contribution in [0.4, 0.5) is 0 Å². The molecule has 0 unspecified atom stereocenters. The van der Waals surface area contributed by atoms with Crippen molar-refractivity contribution >= 4 is 17.4 Å². The summed E-state index contributed by atoms with van der Waals surface area (Å²) in [7, 11) is 0. The van der Waals surface area contributed by atoms with E-state index >= 15 is 0 Å². The van der Waals surface area contributed by atoms with Gasteiger partial charge in [-0.05, 0) is 90.8 Å². The monoisotopic (exact) mass is 507 g/mol. The molecule has 3 aromatic rings. The molecular weight excluding hydrogens is 470 g/mol. The lowest BCUT2D eigenvalue weighted by Crippen LogP contribution is -2.23. The molecule has 0 radical (unpaired) electrons. The number of benzene rings is 2. The molecular formula is C33H37N3O2. The average Bonchev–Trinajstić information content (AvgIpc) is 2.95. The van der Waals surface area contributed by atoms with E-state index in [2.05, 4.69) is 55.0 Å². The minimum absolute atomic E-state index is 0.0981. The van der Waals surface area contributed by atoms with E-state index in [0.717, 1.165) is 28.7 Å². The molecule has 0 aliphatic carbocycles. The lowest BCUT2D eigenvalue weighted by Gasteiger charge is -2.16. The Morgan fingerprint density at radius 2 is 1.68 bits per heavy atom. The van der Waals surface area contributed by atoms with Gasteiger partial charge in [0.15, 0.2) is 0 Å². The van der Waals surface area contributed by atoms with E-state index in [-0.39, 0.29) is 11.8 Å². The molecule has 5 heteroatoms. The fourth-order valence-corrected chi connectivity index (χ4v) is 4.22. The quantitative estimate of drug-likeness (QED) is 0.296. The van der Waals surface area contributed by atoms with Crippen molar-refractivity contribution in [3.05, 3.63) is 131 Å². The van der Waals surface area contributed by atoms with Gasteiger partial charge in [-0.2, -0.15) is 0 Å². The minimum atomic E-state index is -0.145. The third-order valence-electron chi connectivity index (χ3n) is 6.52. The predicted molar refractivity (Wildman–Crippen MR) is 155 cm³/mol. The van der Waals surface area contributed by atoms with Gasteiger partial charge in [0.05, 0.1) is 12.1 Å². The maximum Gasteiger partial charge on any atom is 0.253 e. The first kappa shape index (κ1) is 28.3. The van der Waals surface area contributed by atoms with Gasteiger partial charge in [0.2, 0.25) is 5.91 Å². The standard InChI is InChI=1S/C33H37N3O2/c1-6-10-32(37)36(9-4)23-26-13-11-25(12-14-26)17-28-18-30(22-34-20-28)33(38)35-21-27-15-16-29(8-3)31(19-27)24(5)7-2/h6-7,9-16,18-20,22H,4,8,17,21,23H2,1-3,5H3,(H,35,38)/b10-6-,24-7-. The summed E-state index contributed by atoms with van der Waals surface area (Å²) in [6.45, 7) is 12.8. The van der Waals surface area contributed by atoms with Gasteiger partial charge >= 0.3 is 0 Å². The van der Waals surface area contributed by atoms with E-state index in [0.29, 0.717) is 25.1 Å². The summed E-state index contributed by atoms with van der Waals surface area (Å²) in [5, 5.41) is 3.03. The highest BCUT2D eigenvalue weighted by Crippen LogP contribution is 2.21. The molecule has 0 spiro atoms. The van der Waals surface area contributed by atoms with Crippen molar-refractivity contribution in [3.63, 3.8) is 0 Å². The van der Waals surface area contributed by atoms with Crippen LogP contribution in [0.1, 0.15) is 71.4 Å². The highest BCUT2D eigenvalue weighted by Gasteiger charge is 2.11. The molecule has 0 aliphatic heterocycles. The summed E-state index contributed by atoms with van der Waals surface area (Å²) in [6, 6.07) is 16.4. The van der Waals surface area contributed by atoms with Crippen molar-refractivity contribution in [2.24, 2.45) is 0 Å². The Labute approximate surface area is 226 Å². The Morgan fingerprint density at radius 1 is 0.974 bits per heavy atom. The minimum Gasteiger partial charge on any atom is -0.348 e. The Morgan fingerprint density at radius 3 is 2.34 bits per heavy atom. The summed E-state index contributed by atoms with van der Waals surface area (Å²) >= 11 is 0. The van der Waals surface area contributed by atoms with Crippen molar-refractivity contribution < 1.29 is 9.59 Å². The number of hydrogen-bond donors (Lipinski definition) is 1. The molecule has 5 nitrogen and oxygen atoms in total. The largest absolute Gasteiger partial charge is 0.348 e. The third kappa shape index (κ3) is 7.62. The molecule has 2 amide bonds. The molecule has 38 heavy (non-hydrogen) atoms. The fraction of sp³-hybridized carbons (Fsp3) is 0.242. The Bertz CT molecular complexity index is 1340. The molecule has 0 aliphatic rings. The molecule has 0 saturated heterocycles. The lowest BCUT2D eigenvalue weighted by atomic mass is 9.96. The van der Waals surface area contributed by atoms with Crippen LogP contribution in [-0.2, 0) is 30.7 Å². The highest BCUT2D eigenvalue weighted by molar-refractivity contribution is 5.94. The second kappa shape index (κ2) is 13.9. The summed E-state index contributed by atoms with van der Waals surface area (Å²) in [5.41, 5.74) is 8.45. The number of carbonyl (C=O) groups is 2. The molecule has 1 aromatic heterocycles. The Hall–Kier alpha value is -4.25. The van der Waals surface area contributed by atoms with Gasteiger partial charge in [-0.3, -0.25) is 14.6 Å². The van der Waals surface area contributed by atoms with Crippen LogP contribution in [-0.4, -0.2) is 21.7 Å². The summed E-state index contributed by atoms with van der Waals surface area (Å²) in [6.07, 6.45) is 11.9. The van der Waals surface area contributed by atoms with Crippen LogP contribution in [0.3, 0.4) is 0 Å². The van der Waals surface area contributed by atoms with E-state index < -0.39 is 0 Å². The van der Waals surface area contributed by atoms with Crippen LogP contribution < -0.4 is 5.32 Å². The van der Waals surface area contributed by atoms with Gasteiger partial charge in [0, 0.05) is 25.1 Å². The van der Waals surface area contributed by atoms with Gasteiger partial charge < -0.3 is 10.2 Å². The summed E-state index contributed by atoms with van der Waals surface area (Å²) < 4.78 is 0. The topological polar surface area (TPSA) is 62.3 Å². The number of aromatic nitrogens is 1. The normalized spacial score (nSPS) is 11.4. The number of carbonyl (C=O) groups excluding carboxylic acids is 2. The summed E-state index contributed by atoms with van der Waals surface area (Å²) in [5.74, 6) is -0.243. The number of rotatable bonds is 11. The van der Waals surface area contributed by atoms with Gasteiger partial charge in [0.25, 0.3) is 5.91 Å². The molecule has 196 valence electrons. The van der Waals surface area contributed by atoms with Crippen molar-refractivity contribution in [1.82, 2.24) is 15.2 Å². The molecule has 0 saturated carbocycles. The molecule has 3 rings (SSSR count). The highest BCUT2D eigenvalue weighted by atomic mass is 16.2. The zero-order chi connectivity index (χ0) is 27.5. The van der Waals surface area contributed by atoms with E-state index in [9.17, 15) is 9.59 Å². The van der Waals surface area contributed by atoms with Crippen LogP contribution >= 0.6 is 0 Å². The first-order valence-electron chi connectivity index (χ1n) is 13.0. The number of nitrogens with zero attached hydrogens (tertiary/aromatic N) is 2. The van der Waals surface area contributed by atoms with E-state index in [1.54, 1.807) is 29.6 Å². The second-order valence-corrected chi connectivity index (χ2v) is 9.22. The third-order valence-corrected chi connectivity index (χ3v) is 6.52. The van der Waals surface area contributed by atoms with Crippen LogP contribution in [0, 0.1) is 0 Å². The van der Waals surface area contributed by atoms with E-state index in [4.69, 9.17) is 0 Å². The first-order chi connectivity index (χ1) is 18.4. The lowest BCUT2D eigenvalue weighted by molar-refractivity contribution is -0.124. The van der Waals surface area contributed by atoms with E-state index in [1.807, 2.05) is 44.2 Å². The van der Waals surface area contributed by atoms with Crippen LogP contribution in [0.2, 0.25) is 0 Å². The maximum absolute atomic E-state index is 12.9. The van der Waals surface area contributed by atoms with Gasteiger partial charge in [-0.15, -0.1) is 0 Å². The molecule has 1 N–H and O–H groups in total. The molecule has 0 atom stereocenters. The number of aryl methyl sites for hydroxylation is 1. The van der Waals surface area contributed by atoms with Crippen LogP contribution in [0.5, 0.6) is 0 Å². The number of amides is 2. The van der Waals surface area contributed by atoms with Crippen molar-refractivity contribution in [1.29, 1.82) is 0 Å². The number of nitrogens with one attached hydrogen (secondary N) is 1. The Kier molecular flexibility index (Phi) is 10.4. The molecule has 1 heterocycles. The van der Waals surface area contributed by atoms with Crippen molar-refractivity contribution in [3.8, 4) is 0 Å². The van der Waals surface area contributed by atoms with Gasteiger partial charge in [-0.25, -0.2) is 0 Å². The average molecular weight is 508 g/mol. The summed E-state index contributed by atoms with van der Waals surface area (Å²) in [4.78, 5) is 30.9. The zero-order valence-corrected chi connectivity index (χ0v) is 22.8. The second-order valence-electron chi connectivity index (χ2n) is 9.22. The SMILES string of the molecule is C=CN(Cc1ccc(Cc2cncc(C(=O)NCc3ccc(CC)c(/C(C)=C\C)c3)c2)cc1)C(=O)/C=C\C. The van der Waals surface area contributed by atoms with Gasteiger partial charge in [-0.1, -0.05) is 62.1 Å². The number of hydrogen-bond acceptors (Lipinski definition) is 3. The number of allylic oxidation sites excluding steroid dienone is 3. The molecule has 0 fully saturated rings. The zero-order valence-electron chi connectivity index (χ0n) is 22.8. The van der Waals surface area contributed by atoms with E-state index in [1.165, 1.54) is 22.8 Å². The van der Waals surface area contributed by atoms with Gasteiger partial charge in [0.1, 0.15) is 0 Å². The van der Waals surface area contributed by atoms with Crippen molar-refractivity contribution in [2.75, 3.05) is 0 Å². The Balaban J connectivity index is 1.63. The number of pyridine rings is 1.